The van der Waals surface area contributed by atoms with Gasteiger partial charge in [-0.3, -0.25) is 9.59 Å². The minimum absolute atomic E-state index is 0.131. The number of pyridine rings is 1. The molecule has 1 radical (unpaired) electrons. The van der Waals surface area contributed by atoms with Crippen molar-refractivity contribution in [2.45, 2.75) is 0 Å². The number of hydrogen-bond donors (Lipinski definition) is 6. The van der Waals surface area contributed by atoms with Gasteiger partial charge in [0.25, 0.3) is 11.1 Å². The van der Waals surface area contributed by atoms with Crippen LogP contribution in [0.5, 0.6) is 5.75 Å². The maximum absolute atomic E-state index is 12.9. The van der Waals surface area contributed by atoms with Gasteiger partial charge in [-0.2, -0.15) is 0 Å². The summed E-state index contributed by atoms with van der Waals surface area (Å²) in [5, 5.41) is 53.5. The Kier molecular flexibility index (Phi) is 30.2. The average Bonchev–Trinajstić information content (AvgIpc) is 0.715. The number of aromatic nitrogens is 1. The molecule has 0 aliphatic carbocycles. The lowest BCUT2D eigenvalue weighted by Gasteiger charge is -2.16. The van der Waals surface area contributed by atoms with Crippen LogP contribution in [0.2, 0.25) is 0 Å². The number of nitrogens with two attached hydrogens (primary N) is 2. The normalized spacial score (nSPS) is 10.8. The zero-order valence-electron chi connectivity index (χ0n) is 73.1. The highest BCUT2D eigenvalue weighted by atomic mass is 79.9. The van der Waals surface area contributed by atoms with E-state index in [0.29, 0.717) is 22.3 Å². The summed E-state index contributed by atoms with van der Waals surface area (Å²) in [7, 11) is -0.757. The Morgan fingerprint density at radius 2 is 0.699 bits per heavy atom. The van der Waals surface area contributed by atoms with Crippen molar-refractivity contribution in [2.75, 3.05) is 16.8 Å². The number of benzene rings is 22. The summed E-state index contributed by atoms with van der Waals surface area (Å²) < 4.78 is 8.91. The summed E-state index contributed by atoms with van der Waals surface area (Å²) in [5.41, 5.74) is 27.3. The van der Waals surface area contributed by atoms with E-state index in [2.05, 4.69) is 306 Å². The van der Waals surface area contributed by atoms with Crippen LogP contribution in [0.4, 0.5) is 17.1 Å². The minimum atomic E-state index is -1.48. The van der Waals surface area contributed by atoms with Crippen LogP contribution in [-0.2, 0) is 0 Å². The third-order valence-corrected chi connectivity index (χ3v) is 25.8. The van der Waals surface area contributed by atoms with Crippen molar-refractivity contribution in [1.82, 2.24) is 4.98 Å². The van der Waals surface area contributed by atoms with Crippen molar-refractivity contribution in [3.05, 3.63) is 490 Å². The third-order valence-electron chi connectivity index (χ3n) is 23.3. The van der Waals surface area contributed by atoms with Gasteiger partial charge >= 0.3 is 14.8 Å². The molecule has 0 aliphatic heterocycles. The van der Waals surface area contributed by atoms with Gasteiger partial charge in [0.05, 0.1) is 11.2 Å². The quantitative estimate of drug-likeness (QED) is 0.0318. The van der Waals surface area contributed by atoms with Gasteiger partial charge in [-0.1, -0.05) is 412 Å². The monoisotopic (exact) mass is 2040 g/mol. The first-order valence-corrected chi connectivity index (χ1v) is 47.4. The van der Waals surface area contributed by atoms with Crippen LogP contribution in [0.25, 0.3) is 164 Å². The summed E-state index contributed by atoms with van der Waals surface area (Å²) in [4.78, 5) is 28.6. The van der Waals surface area contributed by atoms with Crippen molar-refractivity contribution < 1.29 is 29.3 Å². The molecule has 0 fully saturated rings. The Labute approximate surface area is 827 Å². The number of nitrogens with one attached hydrogen (secondary N) is 1. The van der Waals surface area contributed by atoms with Crippen molar-refractivity contribution in [3.8, 4) is 61.5 Å². The predicted octanol–water partition coefficient (Wildman–Crippen LogP) is 31.5. The van der Waals surface area contributed by atoms with Gasteiger partial charge in [-0.05, 0) is 244 Å². The molecular formula is C119H84B2Br4ClN4O6. The first-order chi connectivity index (χ1) is 66.5. The minimum Gasteiger partial charge on any atom is -0.537 e. The molecule has 23 rings (SSSR count). The van der Waals surface area contributed by atoms with Gasteiger partial charge in [0.2, 0.25) is 0 Å². The smallest absolute Gasteiger partial charge is 0.537 e. The van der Waals surface area contributed by atoms with Crippen LogP contribution >= 0.6 is 75.3 Å². The lowest BCUT2D eigenvalue weighted by atomic mass is 9.77. The van der Waals surface area contributed by atoms with Gasteiger partial charge < -0.3 is 36.5 Å². The van der Waals surface area contributed by atoms with Crippen LogP contribution in [0, 0.1) is 0 Å². The molecule has 0 bridgehead atoms. The molecule has 0 saturated carbocycles. The highest BCUT2D eigenvalue weighted by Gasteiger charge is 2.21. The van der Waals surface area contributed by atoms with Crippen molar-refractivity contribution in [1.29, 1.82) is 0 Å². The highest BCUT2D eigenvalue weighted by Crippen LogP contribution is 2.45. The molecule has 1 aromatic heterocycles. The highest BCUT2D eigenvalue weighted by molar-refractivity contribution is 9.11. The van der Waals surface area contributed by atoms with Gasteiger partial charge in [-0.15, -0.1) is 0 Å². The largest absolute Gasteiger partial charge is 0.569 e. The van der Waals surface area contributed by atoms with E-state index < -0.39 is 12.4 Å². The van der Waals surface area contributed by atoms with E-state index in [-0.39, 0.29) is 5.91 Å². The fourth-order valence-corrected chi connectivity index (χ4v) is 18.7. The second-order valence-electron chi connectivity index (χ2n) is 31.9. The number of carbonyl (C=O) groups is 2. The summed E-state index contributed by atoms with van der Waals surface area (Å²) in [5.74, 6) is 0.538. The van der Waals surface area contributed by atoms with E-state index >= 15 is 0 Å². The van der Waals surface area contributed by atoms with E-state index in [9.17, 15) is 19.6 Å². The molecule has 10 nitrogen and oxygen atoms in total. The van der Waals surface area contributed by atoms with E-state index in [4.69, 9.17) is 37.7 Å². The first-order valence-electron chi connectivity index (χ1n) is 43.8. The van der Waals surface area contributed by atoms with Crippen LogP contribution in [0.3, 0.4) is 0 Å². The Balaban J connectivity index is 0.000000114. The topological polar surface area (TPSA) is 181 Å². The van der Waals surface area contributed by atoms with Crippen molar-refractivity contribution >= 4 is 232 Å². The van der Waals surface area contributed by atoms with Gasteiger partial charge in [-0.25, -0.2) is 4.98 Å². The molecule has 657 valence electrons. The van der Waals surface area contributed by atoms with Gasteiger partial charge in [0.15, 0.2) is 0 Å². The number of rotatable bonds is 11. The number of fused-ring (bicyclic) bond motifs is 17. The molecule has 22 aromatic carbocycles. The molecule has 17 heteroatoms. The summed E-state index contributed by atoms with van der Waals surface area (Å²) in [6.45, 7) is 0. The molecule has 136 heavy (non-hydrogen) atoms. The van der Waals surface area contributed by atoms with Crippen molar-refractivity contribution in [2.24, 2.45) is 0 Å². The third kappa shape index (κ3) is 21.6. The van der Waals surface area contributed by atoms with Gasteiger partial charge in [0.1, 0.15) is 5.75 Å². The maximum Gasteiger partial charge on any atom is 0.569 e. The average molecular weight is 2040 g/mol. The van der Waals surface area contributed by atoms with E-state index in [1.807, 2.05) is 206 Å². The Morgan fingerprint density at radius 3 is 1.18 bits per heavy atom. The first kappa shape index (κ1) is 93.2. The van der Waals surface area contributed by atoms with Crippen molar-refractivity contribution in [3.63, 3.8) is 0 Å². The molecule has 0 aliphatic rings. The second kappa shape index (κ2) is 44.0. The molecule has 1 heterocycles. The molecule has 0 unspecified atom stereocenters. The summed E-state index contributed by atoms with van der Waals surface area (Å²) >= 11 is 18.8. The lowest BCUT2D eigenvalue weighted by Crippen LogP contribution is -2.29. The fourth-order valence-electron chi connectivity index (χ4n) is 17.1. The Hall–Kier alpha value is -14.7. The van der Waals surface area contributed by atoms with E-state index in [1.165, 1.54) is 91.7 Å². The summed E-state index contributed by atoms with van der Waals surface area (Å²) in [6, 6.07) is 154. The number of hydrogen-bond acceptors (Lipinski definition) is 9. The number of anilines is 3. The number of nitrogen functional groups attached to an aromatic ring is 2. The predicted molar refractivity (Wildman–Crippen MR) is 588 cm³/mol. The zero-order chi connectivity index (χ0) is 94.0. The van der Waals surface area contributed by atoms with E-state index in [0.717, 1.165) is 115 Å². The molecule has 0 saturated heterocycles. The van der Waals surface area contributed by atoms with E-state index in [1.54, 1.807) is 18.2 Å². The molecule has 0 spiro atoms. The summed E-state index contributed by atoms with van der Waals surface area (Å²) in [6.07, 6.45) is 0. The number of amides is 1. The standard InChI is InChI=1S/C27H18BrNO.C27H16BrN.C20H15N.C18H15BO2.C14H10BO2.C7H4BrClO.C6H6BrN/c28-20-10-7-9-19(16-20)27(30)29-26-15-6-5-14-24(26)25-17-18-8-1-2-11-21(18)22-12-3-4-13-23(22)25;28-18-9-7-8-17(16-18)27-26-22-13-4-2-11-20(22)19-10-1-3-12-21(19)25(26)23-14-5-6-15-24(23)29-27;21-20-12-6-5-11-18(20)19-13-14-7-1-2-8-15(14)16-9-3-4-10-17(16)19;20-19(21)18-12-16(14-7-3-1-4-8-14)11-17(13-18)15-9-5-2-6-10-15;16-15-17-14-9-10-5-1-2-6-11(10)12-7-3-4-8-13(12)14;8-6-3-1-2-5(4-6)7(9)10;7-5-3-1-2-4-6(5)8/h1-17H,(H,29,30);1-16H;1-13H,21H2;1-13,20-21H;1-9,16H;1-4H;1-4H,8H2. The molecular weight excluding hydrogens is 1960 g/mol. The van der Waals surface area contributed by atoms with Crippen LogP contribution in [0.1, 0.15) is 20.7 Å². The Bertz CT molecular complexity index is 8250. The fraction of sp³-hybridized carbons (Fsp3) is 0. The van der Waals surface area contributed by atoms with Crippen LogP contribution in [-0.4, -0.2) is 46.0 Å². The number of carbonyl (C=O) groups excluding carboxylic acids is 2. The molecule has 1 amide bonds. The van der Waals surface area contributed by atoms with Crippen LogP contribution < -0.4 is 26.9 Å². The second-order valence-corrected chi connectivity index (χ2v) is 35.9. The molecule has 23 aromatic rings. The van der Waals surface area contributed by atoms with Gasteiger partial charge in [0, 0.05) is 84.3 Å². The SMILES string of the molecule is Brc1cccc(-c2nc3ccccc3c3c4ccccc4c4ccccc4c23)c1.Nc1ccccc1-c1cc2ccccc2c2ccccc12.Nc1ccccc1Br.O=C(Cl)c1cccc(Br)c1.O=C(Nc1ccccc1-c1cc2ccccc2c2ccccc12)c1cccc(Br)c1.OB(O)c1cc(-c2ccccc2)cc(-c2ccccc2)c1.O[B]Oc1cc2ccccc2c2ccccc12. The van der Waals surface area contributed by atoms with Crippen LogP contribution in [0.15, 0.2) is 479 Å². The maximum atomic E-state index is 12.9. The number of halogens is 5. The molecule has 8 N–H and O–H groups in total. The lowest BCUT2D eigenvalue weighted by molar-refractivity contribution is 0.102. The number of nitrogens with zero attached hydrogens (tertiary/aromatic N) is 1. The number of para-hydroxylation sites is 4. The Morgan fingerprint density at radius 1 is 0.316 bits per heavy atom. The zero-order valence-corrected chi connectivity index (χ0v) is 80.2. The molecule has 0 atom stereocenters.